The van der Waals surface area contributed by atoms with E-state index in [1.807, 2.05) is 0 Å². The molecule has 0 radical (unpaired) electrons. The molecular formula is C9H8F3NO. The largest absolute Gasteiger partial charge is 0.366 e. The summed E-state index contributed by atoms with van der Waals surface area (Å²) in [5.74, 6) is 0. The molecule has 0 fully saturated rings. The Morgan fingerprint density at radius 2 is 1.71 bits per heavy atom. The second-order valence-electron chi connectivity index (χ2n) is 2.46. The Morgan fingerprint density at radius 1 is 1.14 bits per heavy atom. The first-order valence-corrected chi connectivity index (χ1v) is 3.79. The lowest BCUT2D eigenvalue weighted by atomic mass is 10.3. The normalized spacial score (nSPS) is 9.43. The third kappa shape index (κ3) is 2.69. The zero-order valence-electron chi connectivity index (χ0n) is 7.38. The highest BCUT2D eigenvalue weighted by Crippen LogP contribution is 2.17. The van der Waals surface area contributed by atoms with Gasteiger partial charge >= 0.3 is 12.1 Å². The molecule has 0 aliphatic heterocycles. The number of nitrogens with zero attached hydrogens (tertiary/aromatic N) is 1. The summed E-state index contributed by atoms with van der Waals surface area (Å²) in [5.41, 5.74) is 0.476. The maximum absolute atomic E-state index is 12.3. The van der Waals surface area contributed by atoms with Crippen LogP contribution in [0.2, 0.25) is 0 Å². The van der Waals surface area contributed by atoms with E-state index < -0.39 is 12.1 Å². The molecule has 1 rings (SSSR count). The fourth-order valence-electron chi connectivity index (χ4n) is 0.845. The van der Waals surface area contributed by atoms with Gasteiger partial charge in [0.05, 0.1) is 5.69 Å². The Bertz CT molecular complexity index is 322. The molecule has 0 unspecified atom stereocenters. The molecule has 0 spiro atoms. The number of rotatable bonds is 3. The van der Waals surface area contributed by atoms with Gasteiger partial charge in [0, 0.05) is 7.05 Å². The Labute approximate surface area is 79.2 Å². The Hall–Kier alpha value is -1.65. The van der Waals surface area contributed by atoms with Crippen molar-refractivity contribution in [3.05, 3.63) is 42.4 Å². The van der Waals surface area contributed by atoms with Crippen LogP contribution in [0.3, 0.4) is 0 Å². The standard InChI is InChI=1S/C9H8F3NO/c1-13(14-9(12)8(10)11)7-5-3-2-4-6-7/h2-6H,1H3. The number of benzene rings is 1. The molecule has 14 heavy (non-hydrogen) atoms. The van der Waals surface area contributed by atoms with Gasteiger partial charge in [0.25, 0.3) is 0 Å². The molecule has 0 bridgehead atoms. The van der Waals surface area contributed by atoms with Crippen molar-refractivity contribution in [2.75, 3.05) is 12.1 Å². The van der Waals surface area contributed by atoms with Crippen molar-refractivity contribution in [2.45, 2.75) is 0 Å². The Kier molecular flexibility index (Phi) is 3.39. The highest BCUT2D eigenvalue weighted by atomic mass is 19.3. The monoisotopic (exact) mass is 203 g/mol. The lowest BCUT2D eigenvalue weighted by molar-refractivity contribution is 0.109. The van der Waals surface area contributed by atoms with E-state index in [1.54, 1.807) is 30.3 Å². The first kappa shape index (κ1) is 10.4. The molecule has 0 atom stereocenters. The van der Waals surface area contributed by atoms with Crippen LogP contribution >= 0.6 is 0 Å². The van der Waals surface area contributed by atoms with Gasteiger partial charge in [0.2, 0.25) is 0 Å². The predicted octanol–water partition coefficient (Wildman–Crippen LogP) is 3.09. The average Bonchev–Trinajstić information content (AvgIpc) is 2.19. The van der Waals surface area contributed by atoms with Crippen LogP contribution in [0.5, 0.6) is 0 Å². The van der Waals surface area contributed by atoms with Gasteiger partial charge in [-0.3, -0.25) is 0 Å². The zero-order chi connectivity index (χ0) is 10.6. The van der Waals surface area contributed by atoms with Crippen molar-refractivity contribution in [3.63, 3.8) is 0 Å². The molecule has 0 aliphatic rings. The van der Waals surface area contributed by atoms with E-state index in [0.717, 1.165) is 5.06 Å². The van der Waals surface area contributed by atoms with Crippen LogP contribution in [0.25, 0.3) is 0 Å². The van der Waals surface area contributed by atoms with Crippen molar-refractivity contribution in [1.29, 1.82) is 0 Å². The highest BCUT2D eigenvalue weighted by Gasteiger charge is 2.10. The molecule has 1 aromatic rings. The van der Waals surface area contributed by atoms with Crippen LogP contribution in [-0.4, -0.2) is 7.05 Å². The number of halogens is 3. The van der Waals surface area contributed by atoms with Gasteiger partial charge in [0.1, 0.15) is 0 Å². The molecule has 0 heterocycles. The molecule has 0 aliphatic carbocycles. The molecule has 2 nitrogen and oxygen atoms in total. The highest BCUT2D eigenvalue weighted by molar-refractivity contribution is 5.42. The number of anilines is 1. The number of hydrogen-bond acceptors (Lipinski definition) is 2. The molecule has 1 aromatic carbocycles. The summed E-state index contributed by atoms with van der Waals surface area (Å²) in [7, 11) is 1.33. The second kappa shape index (κ2) is 4.55. The average molecular weight is 203 g/mol. The van der Waals surface area contributed by atoms with Crippen LogP contribution in [-0.2, 0) is 4.84 Å². The van der Waals surface area contributed by atoms with Crippen LogP contribution in [0.15, 0.2) is 42.4 Å². The van der Waals surface area contributed by atoms with Crippen LogP contribution < -0.4 is 5.06 Å². The maximum atomic E-state index is 12.3. The molecule has 5 heteroatoms. The Balaban J connectivity index is 2.69. The summed E-state index contributed by atoms with van der Waals surface area (Å²) < 4.78 is 35.6. The molecule has 0 saturated heterocycles. The summed E-state index contributed by atoms with van der Waals surface area (Å²) in [6.07, 6.45) is -2.48. The third-order valence-corrected chi connectivity index (χ3v) is 1.49. The van der Waals surface area contributed by atoms with Crippen molar-refractivity contribution in [1.82, 2.24) is 0 Å². The van der Waals surface area contributed by atoms with Gasteiger partial charge < -0.3 is 4.84 Å². The summed E-state index contributed by atoms with van der Waals surface area (Å²) >= 11 is 0. The molecule has 0 aromatic heterocycles. The summed E-state index contributed by atoms with van der Waals surface area (Å²) in [4.78, 5) is 4.19. The topological polar surface area (TPSA) is 12.5 Å². The molecule has 0 saturated carbocycles. The van der Waals surface area contributed by atoms with E-state index in [1.165, 1.54) is 7.05 Å². The first-order valence-electron chi connectivity index (χ1n) is 3.79. The SMILES string of the molecule is CN(OC(F)=C(F)F)c1ccccc1. The maximum Gasteiger partial charge on any atom is 0.366 e. The van der Waals surface area contributed by atoms with E-state index in [2.05, 4.69) is 4.84 Å². The van der Waals surface area contributed by atoms with Crippen LogP contribution in [0.1, 0.15) is 0 Å². The zero-order valence-corrected chi connectivity index (χ0v) is 7.38. The van der Waals surface area contributed by atoms with E-state index in [-0.39, 0.29) is 0 Å². The van der Waals surface area contributed by atoms with Crippen molar-refractivity contribution < 1.29 is 18.0 Å². The van der Waals surface area contributed by atoms with Crippen LogP contribution in [0, 0.1) is 0 Å². The van der Waals surface area contributed by atoms with Crippen molar-refractivity contribution >= 4 is 5.69 Å². The molecular weight excluding hydrogens is 195 g/mol. The lowest BCUT2D eigenvalue weighted by Gasteiger charge is -2.16. The number of para-hydroxylation sites is 1. The summed E-state index contributed by atoms with van der Waals surface area (Å²) in [6, 6.07) is 6.42. The summed E-state index contributed by atoms with van der Waals surface area (Å²) in [6.45, 7) is 0. The van der Waals surface area contributed by atoms with Gasteiger partial charge in [0.15, 0.2) is 0 Å². The molecule has 76 valence electrons. The number of hydrogen-bond donors (Lipinski definition) is 0. The van der Waals surface area contributed by atoms with Crippen molar-refractivity contribution in [2.24, 2.45) is 0 Å². The van der Waals surface area contributed by atoms with E-state index in [0.29, 0.717) is 5.69 Å². The van der Waals surface area contributed by atoms with Gasteiger partial charge in [-0.05, 0) is 12.1 Å². The van der Waals surface area contributed by atoms with E-state index in [9.17, 15) is 13.2 Å². The van der Waals surface area contributed by atoms with Gasteiger partial charge in [-0.25, -0.2) is 5.06 Å². The van der Waals surface area contributed by atoms with Gasteiger partial charge in [-0.15, -0.1) is 0 Å². The molecule has 0 amide bonds. The lowest BCUT2D eigenvalue weighted by Crippen LogP contribution is -2.16. The molecule has 0 N–H and O–H groups in total. The minimum absolute atomic E-state index is 0.476. The fourth-order valence-corrected chi connectivity index (χ4v) is 0.845. The van der Waals surface area contributed by atoms with Crippen molar-refractivity contribution in [3.8, 4) is 0 Å². The van der Waals surface area contributed by atoms with Gasteiger partial charge in [-0.1, -0.05) is 18.2 Å². The summed E-state index contributed by atoms with van der Waals surface area (Å²) in [5, 5.41) is 0.911. The third-order valence-electron chi connectivity index (χ3n) is 1.49. The minimum atomic E-state index is -2.48. The number of hydroxylamine groups is 1. The smallest absolute Gasteiger partial charge is 0.343 e. The predicted molar refractivity (Wildman–Crippen MR) is 46.3 cm³/mol. The van der Waals surface area contributed by atoms with E-state index in [4.69, 9.17) is 0 Å². The van der Waals surface area contributed by atoms with Crippen LogP contribution in [0.4, 0.5) is 18.9 Å². The fraction of sp³-hybridized carbons (Fsp3) is 0.111. The van der Waals surface area contributed by atoms with E-state index >= 15 is 0 Å². The first-order chi connectivity index (χ1) is 6.61. The second-order valence-corrected chi connectivity index (χ2v) is 2.46. The quantitative estimate of drug-likeness (QED) is 0.552. The Morgan fingerprint density at radius 3 is 2.21 bits per heavy atom. The van der Waals surface area contributed by atoms with Gasteiger partial charge in [-0.2, -0.15) is 13.2 Å². The minimum Gasteiger partial charge on any atom is -0.343 e.